The molecule has 0 aliphatic carbocycles. The topological polar surface area (TPSA) is 47.4 Å². The van der Waals surface area contributed by atoms with Crippen molar-refractivity contribution in [1.82, 2.24) is 9.55 Å². The molecule has 1 fully saturated rings. The summed E-state index contributed by atoms with van der Waals surface area (Å²) in [5.74, 6) is 2.07. The van der Waals surface area contributed by atoms with E-state index in [1.807, 2.05) is 35.2 Å². The van der Waals surface area contributed by atoms with Crippen LogP contribution in [0.3, 0.4) is 0 Å². The zero-order chi connectivity index (χ0) is 22.3. The fourth-order valence-electron chi connectivity index (χ4n) is 4.78. The van der Waals surface area contributed by atoms with Gasteiger partial charge >= 0.3 is 0 Å². The summed E-state index contributed by atoms with van der Waals surface area (Å²) < 4.78 is 7.72. The van der Waals surface area contributed by atoms with Crippen LogP contribution in [0, 0.1) is 0 Å². The Morgan fingerprint density at radius 2 is 1.78 bits per heavy atom. The molecular formula is C27H35N3O2. The van der Waals surface area contributed by atoms with E-state index in [0.717, 1.165) is 35.7 Å². The van der Waals surface area contributed by atoms with E-state index in [1.54, 1.807) is 7.11 Å². The Morgan fingerprint density at radius 3 is 2.59 bits per heavy atom. The molecule has 170 valence electrons. The van der Waals surface area contributed by atoms with Gasteiger partial charge in [-0.15, -0.1) is 0 Å². The highest BCUT2D eigenvalue weighted by Crippen LogP contribution is 2.34. The van der Waals surface area contributed by atoms with Crippen LogP contribution in [-0.2, 0) is 11.3 Å². The van der Waals surface area contributed by atoms with Crippen LogP contribution in [0.1, 0.15) is 70.0 Å². The summed E-state index contributed by atoms with van der Waals surface area (Å²) in [6.07, 6.45) is 9.51. The lowest BCUT2D eigenvalue weighted by Gasteiger charge is -2.18. The summed E-state index contributed by atoms with van der Waals surface area (Å²) in [6.45, 7) is 3.88. The van der Waals surface area contributed by atoms with Crippen molar-refractivity contribution in [2.75, 3.05) is 18.6 Å². The van der Waals surface area contributed by atoms with Crippen LogP contribution in [0.2, 0.25) is 0 Å². The van der Waals surface area contributed by atoms with Gasteiger partial charge in [0, 0.05) is 37.2 Å². The van der Waals surface area contributed by atoms with Crippen LogP contribution in [0.5, 0.6) is 5.75 Å². The predicted octanol–water partition coefficient (Wildman–Crippen LogP) is 6.32. The number of unbranched alkanes of at least 4 members (excludes halogenated alkanes) is 6. The molecule has 1 amide bonds. The Bertz CT molecular complexity index is 1040. The SMILES string of the molecule is CCCCCCCCCn1c([C@H]2CC(=O)N(c3cccc(OC)c3)C2)nc2ccccc21. The molecule has 4 rings (SSSR count). The fourth-order valence-corrected chi connectivity index (χ4v) is 4.78. The largest absolute Gasteiger partial charge is 0.497 e. The molecule has 0 spiro atoms. The predicted molar refractivity (Wildman–Crippen MR) is 130 cm³/mol. The highest BCUT2D eigenvalue weighted by molar-refractivity contribution is 5.96. The van der Waals surface area contributed by atoms with E-state index in [4.69, 9.17) is 9.72 Å². The number of anilines is 1. The third-order valence-corrected chi connectivity index (χ3v) is 6.52. The molecule has 0 radical (unpaired) electrons. The van der Waals surface area contributed by atoms with Crippen LogP contribution in [-0.4, -0.2) is 29.1 Å². The number of amides is 1. The van der Waals surface area contributed by atoms with Crippen LogP contribution in [0.4, 0.5) is 5.69 Å². The smallest absolute Gasteiger partial charge is 0.227 e. The van der Waals surface area contributed by atoms with E-state index < -0.39 is 0 Å². The van der Waals surface area contributed by atoms with Gasteiger partial charge < -0.3 is 14.2 Å². The molecule has 1 aromatic heterocycles. The molecule has 2 aromatic carbocycles. The molecule has 1 aliphatic heterocycles. The van der Waals surface area contributed by atoms with E-state index in [2.05, 4.69) is 29.7 Å². The van der Waals surface area contributed by atoms with Gasteiger partial charge in [0.2, 0.25) is 5.91 Å². The van der Waals surface area contributed by atoms with Crippen molar-refractivity contribution >= 4 is 22.6 Å². The van der Waals surface area contributed by atoms with Gasteiger partial charge in [0.15, 0.2) is 0 Å². The monoisotopic (exact) mass is 433 g/mol. The minimum atomic E-state index is 0.102. The Balaban J connectivity index is 1.49. The van der Waals surface area contributed by atoms with Crippen molar-refractivity contribution in [3.05, 3.63) is 54.4 Å². The van der Waals surface area contributed by atoms with Crippen molar-refractivity contribution in [1.29, 1.82) is 0 Å². The summed E-state index contributed by atoms with van der Waals surface area (Å²) in [6, 6.07) is 16.1. The second-order valence-corrected chi connectivity index (χ2v) is 8.84. The third kappa shape index (κ3) is 4.98. The minimum absolute atomic E-state index is 0.102. The van der Waals surface area contributed by atoms with Gasteiger partial charge in [0.05, 0.1) is 18.1 Å². The number of carbonyl (C=O) groups excluding carboxylic acids is 1. The van der Waals surface area contributed by atoms with Crippen molar-refractivity contribution in [2.24, 2.45) is 0 Å². The Labute approximate surface area is 191 Å². The van der Waals surface area contributed by atoms with Crippen molar-refractivity contribution in [2.45, 2.75) is 70.8 Å². The van der Waals surface area contributed by atoms with Crippen LogP contribution < -0.4 is 9.64 Å². The van der Waals surface area contributed by atoms with Crippen LogP contribution >= 0.6 is 0 Å². The number of hydrogen-bond donors (Lipinski definition) is 0. The first-order valence-electron chi connectivity index (χ1n) is 12.1. The standard InChI is InChI=1S/C27H35N3O2/c1-3-4-5-6-7-8-11-17-29-25-16-10-9-15-24(25)28-27(29)21-18-26(31)30(20-21)22-13-12-14-23(19-22)32-2/h9-10,12-16,19,21H,3-8,11,17-18,20H2,1-2H3/t21-/m0/s1. The Morgan fingerprint density at radius 1 is 1.00 bits per heavy atom. The number of aromatic nitrogens is 2. The number of para-hydroxylation sites is 2. The first kappa shape index (κ1) is 22.4. The van der Waals surface area contributed by atoms with Gasteiger partial charge in [-0.25, -0.2) is 4.98 Å². The zero-order valence-electron chi connectivity index (χ0n) is 19.4. The molecule has 0 N–H and O–H groups in total. The van der Waals surface area contributed by atoms with Gasteiger partial charge in [-0.1, -0.05) is 63.6 Å². The van der Waals surface area contributed by atoms with E-state index in [-0.39, 0.29) is 11.8 Å². The minimum Gasteiger partial charge on any atom is -0.497 e. The quantitative estimate of drug-likeness (QED) is 0.333. The fraction of sp³-hybridized carbons (Fsp3) is 0.481. The normalized spacial score (nSPS) is 16.2. The maximum atomic E-state index is 12.9. The maximum absolute atomic E-state index is 12.9. The Hall–Kier alpha value is -2.82. The lowest BCUT2D eigenvalue weighted by molar-refractivity contribution is -0.117. The molecule has 1 saturated heterocycles. The lowest BCUT2D eigenvalue weighted by atomic mass is 10.1. The van der Waals surface area contributed by atoms with Gasteiger partial charge in [-0.05, 0) is 30.7 Å². The third-order valence-electron chi connectivity index (χ3n) is 6.52. The second kappa shape index (κ2) is 10.7. The van der Waals surface area contributed by atoms with Gasteiger partial charge in [-0.2, -0.15) is 0 Å². The van der Waals surface area contributed by atoms with Gasteiger partial charge in [0.1, 0.15) is 11.6 Å². The molecule has 3 aromatic rings. The van der Waals surface area contributed by atoms with Gasteiger partial charge in [-0.3, -0.25) is 4.79 Å². The van der Waals surface area contributed by atoms with E-state index >= 15 is 0 Å². The van der Waals surface area contributed by atoms with Crippen molar-refractivity contribution in [3.63, 3.8) is 0 Å². The zero-order valence-corrected chi connectivity index (χ0v) is 19.4. The number of benzene rings is 2. The molecule has 1 atom stereocenters. The van der Waals surface area contributed by atoms with Crippen molar-refractivity contribution < 1.29 is 9.53 Å². The highest BCUT2D eigenvalue weighted by Gasteiger charge is 2.34. The summed E-state index contributed by atoms with van der Waals surface area (Å²) >= 11 is 0. The summed E-state index contributed by atoms with van der Waals surface area (Å²) in [4.78, 5) is 19.8. The first-order valence-corrected chi connectivity index (χ1v) is 12.1. The number of aryl methyl sites for hydroxylation is 1. The molecular weight excluding hydrogens is 398 g/mol. The van der Waals surface area contributed by atoms with E-state index in [9.17, 15) is 4.79 Å². The molecule has 0 saturated carbocycles. The Kier molecular flexibility index (Phi) is 7.46. The average molecular weight is 434 g/mol. The van der Waals surface area contributed by atoms with Crippen LogP contribution in [0.15, 0.2) is 48.5 Å². The van der Waals surface area contributed by atoms with E-state index in [0.29, 0.717) is 13.0 Å². The average Bonchev–Trinajstić information content (AvgIpc) is 3.39. The van der Waals surface area contributed by atoms with Gasteiger partial charge in [0.25, 0.3) is 0 Å². The number of methoxy groups -OCH3 is 1. The number of fused-ring (bicyclic) bond motifs is 1. The van der Waals surface area contributed by atoms with Crippen LogP contribution in [0.25, 0.3) is 11.0 Å². The molecule has 1 aliphatic rings. The number of ether oxygens (including phenoxy) is 1. The molecule has 2 heterocycles. The number of hydrogen-bond acceptors (Lipinski definition) is 3. The first-order chi connectivity index (χ1) is 15.7. The maximum Gasteiger partial charge on any atom is 0.227 e. The molecule has 0 bridgehead atoms. The summed E-state index contributed by atoms with van der Waals surface area (Å²) in [7, 11) is 1.65. The van der Waals surface area contributed by atoms with E-state index in [1.165, 1.54) is 44.0 Å². The summed E-state index contributed by atoms with van der Waals surface area (Å²) in [5.41, 5.74) is 3.10. The lowest BCUT2D eigenvalue weighted by Crippen LogP contribution is -2.24. The number of nitrogens with zero attached hydrogens (tertiary/aromatic N) is 3. The highest BCUT2D eigenvalue weighted by atomic mass is 16.5. The second-order valence-electron chi connectivity index (χ2n) is 8.84. The number of carbonyl (C=O) groups is 1. The number of rotatable bonds is 11. The van der Waals surface area contributed by atoms with Crippen molar-refractivity contribution in [3.8, 4) is 5.75 Å². The molecule has 0 unspecified atom stereocenters. The number of imidazole rings is 1. The molecule has 5 nitrogen and oxygen atoms in total. The summed E-state index contributed by atoms with van der Waals surface area (Å²) in [5, 5.41) is 0. The molecule has 5 heteroatoms. The molecule has 32 heavy (non-hydrogen) atoms.